The van der Waals surface area contributed by atoms with Gasteiger partial charge in [-0.15, -0.1) is 0 Å². The van der Waals surface area contributed by atoms with Crippen molar-refractivity contribution in [2.75, 3.05) is 50.8 Å². The van der Waals surface area contributed by atoms with Crippen LogP contribution in [-0.2, 0) is 4.79 Å². The first-order valence-corrected chi connectivity index (χ1v) is 12.3. The van der Waals surface area contributed by atoms with Crippen LogP contribution in [0.15, 0.2) is 24.3 Å². The van der Waals surface area contributed by atoms with E-state index < -0.39 is 0 Å². The zero-order valence-electron chi connectivity index (χ0n) is 17.5. The molecule has 2 heterocycles. The number of carbonyl (C=O) groups is 2. The van der Waals surface area contributed by atoms with E-state index in [2.05, 4.69) is 9.80 Å². The maximum atomic E-state index is 13.4. The first kappa shape index (κ1) is 20.7. The molecule has 2 saturated heterocycles. The van der Waals surface area contributed by atoms with Crippen LogP contribution < -0.4 is 0 Å². The molecule has 1 atom stereocenters. The fraction of sp³-hybridized carbons (Fsp3) is 0.652. The van der Waals surface area contributed by atoms with E-state index in [4.69, 9.17) is 0 Å². The maximum absolute atomic E-state index is 13.4. The van der Waals surface area contributed by atoms with Crippen LogP contribution in [0.1, 0.15) is 41.6 Å². The third-order valence-electron chi connectivity index (χ3n) is 6.72. The summed E-state index contributed by atoms with van der Waals surface area (Å²) in [5.74, 6) is 3.05. The molecule has 0 aromatic heterocycles. The Labute approximate surface area is 178 Å². The summed E-state index contributed by atoms with van der Waals surface area (Å²) in [5, 5.41) is 0. The maximum Gasteiger partial charge on any atom is 0.253 e. The van der Waals surface area contributed by atoms with Crippen molar-refractivity contribution in [2.45, 2.75) is 38.6 Å². The predicted octanol–water partition coefficient (Wildman–Crippen LogP) is 2.89. The van der Waals surface area contributed by atoms with Crippen molar-refractivity contribution in [2.24, 2.45) is 5.92 Å². The molecule has 1 aromatic rings. The van der Waals surface area contributed by atoms with E-state index in [1.807, 2.05) is 47.9 Å². The third kappa shape index (κ3) is 4.80. The average molecular weight is 416 g/mol. The highest BCUT2D eigenvalue weighted by Gasteiger charge is 2.39. The molecule has 1 aliphatic carbocycles. The van der Waals surface area contributed by atoms with Crippen molar-refractivity contribution in [3.63, 3.8) is 0 Å². The van der Waals surface area contributed by atoms with Gasteiger partial charge in [0.15, 0.2) is 0 Å². The van der Waals surface area contributed by atoms with Crippen LogP contribution in [0.5, 0.6) is 0 Å². The topological polar surface area (TPSA) is 43.9 Å². The fourth-order valence-corrected chi connectivity index (χ4v) is 5.88. The number of piperazine rings is 1. The van der Waals surface area contributed by atoms with Gasteiger partial charge in [-0.1, -0.05) is 30.5 Å². The van der Waals surface area contributed by atoms with E-state index in [1.165, 1.54) is 31.2 Å². The van der Waals surface area contributed by atoms with E-state index in [9.17, 15) is 9.59 Å². The average Bonchev–Trinajstić information content (AvgIpc) is 3.29. The number of hydrogen-bond donors (Lipinski definition) is 0. The van der Waals surface area contributed by atoms with E-state index in [0.717, 1.165) is 43.2 Å². The van der Waals surface area contributed by atoms with Crippen LogP contribution in [0.4, 0.5) is 0 Å². The highest BCUT2D eigenvalue weighted by atomic mass is 32.2. The third-order valence-corrected chi connectivity index (χ3v) is 7.66. The standard InChI is InChI=1S/C23H33N3O2S/c1-18-6-8-20(9-7-18)22(27)25-12-10-24(11-13-25)21(19-4-2-3-5-19)23(28)26-14-16-29-17-15-26/h6-9,19,21H,2-5,10-17H2,1H3/t21-/m1/s1. The van der Waals surface area contributed by atoms with Crippen LogP contribution in [0.2, 0.25) is 0 Å². The van der Waals surface area contributed by atoms with Crippen molar-refractivity contribution in [3.05, 3.63) is 35.4 Å². The largest absolute Gasteiger partial charge is 0.340 e. The summed E-state index contributed by atoms with van der Waals surface area (Å²) in [6, 6.07) is 7.84. The van der Waals surface area contributed by atoms with Gasteiger partial charge in [-0.05, 0) is 37.8 Å². The summed E-state index contributed by atoms with van der Waals surface area (Å²) in [6.45, 7) is 6.82. The van der Waals surface area contributed by atoms with Crippen LogP contribution in [0.3, 0.4) is 0 Å². The van der Waals surface area contributed by atoms with Gasteiger partial charge in [0, 0.05) is 56.3 Å². The molecule has 29 heavy (non-hydrogen) atoms. The van der Waals surface area contributed by atoms with Gasteiger partial charge in [0.05, 0.1) is 6.04 Å². The number of benzene rings is 1. The molecule has 0 radical (unpaired) electrons. The molecule has 0 N–H and O–H groups in total. The molecule has 158 valence electrons. The Kier molecular flexibility index (Phi) is 6.81. The number of rotatable bonds is 4. The van der Waals surface area contributed by atoms with Gasteiger partial charge in [0.25, 0.3) is 5.91 Å². The highest BCUT2D eigenvalue weighted by Crippen LogP contribution is 2.32. The van der Waals surface area contributed by atoms with Crippen molar-refractivity contribution in [3.8, 4) is 0 Å². The van der Waals surface area contributed by atoms with Crippen molar-refractivity contribution in [1.82, 2.24) is 14.7 Å². The summed E-state index contributed by atoms with van der Waals surface area (Å²) < 4.78 is 0. The van der Waals surface area contributed by atoms with E-state index in [1.54, 1.807) is 0 Å². The molecule has 6 heteroatoms. The number of nitrogens with zero attached hydrogens (tertiary/aromatic N) is 3. The minimum atomic E-state index is 0.0113. The van der Waals surface area contributed by atoms with Gasteiger partial charge >= 0.3 is 0 Å². The number of hydrogen-bond acceptors (Lipinski definition) is 4. The quantitative estimate of drug-likeness (QED) is 0.759. The zero-order chi connectivity index (χ0) is 20.2. The lowest BCUT2D eigenvalue weighted by atomic mass is 9.94. The van der Waals surface area contributed by atoms with Gasteiger partial charge in [0.1, 0.15) is 0 Å². The number of carbonyl (C=O) groups excluding carboxylic acids is 2. The molecule has 0 spiro atoms. The van der Waals surface area contributed by atoms with Gasteiger partial charge < -0.3 is 9.80 Å². The summed E-state index contributed by atoms with van der Waals surface area (Å²) in [6.07, 6.45) is 4.83. The molecule has 2 aliphatic heterocycles. The van der Waals surface area contributed by atoms with Crippen LogP contribution >= 0.6 is 11.8 Å². The molecule has 0 bridgehead atoms. The molecule has 4 rings (SSSR count). The molecular weight excluding hydrogens is 382 g/mol. The lowest BCUT2D eigenvalue weighted by molar-refractivity contribution is -0.139. The Balaban J connectivity index is 1.41. The van der Waals surface area contributed by atoms with E-state index in [0.29, 0.717) is 24.9 Å². The van der Waals surface area contributed by atoms with Crippen molar-refractivity contribution >= 4 is 23.6 Å². The Morgan fingerprint density at radius 1 is 0.897 bits per heavy atom. The summed E-state index contributed by atoms with van der Waals surface area (Å²) in [7, 11) is 0. The molecule has 1 saturated carbocycles. The van der Waals surface area contributed by atoms with Crippen LogP contribution in [-0.4, -0.2) is 83.3 Å². The predicted molar refractivity (Wildman–Crippen MR) is 118 cm³/mol. The first-order valence-electron chi connectivity index (χ1n) is 11.1. The monoisotopic (exact) mass is 415 g/mol. The Bertz CT molecular complexity index is 703. The second-order valence-corrected chi connectivity index (χ2v) is 9.85. The lowest BCUT2D eigenvalue weighted by Gasteiger charge is -2.43. The van der Waals surface area contributed by atoms with Gasteiger partial charge in [-0.3, -0.25) is 14.5 Å². The Morgan fingerprint density at radius 3 is 2.14 bits per heavy atom. The molecule has 2 amide bonds. The minimum absolute atomic E-state index is 0.0113. The molecule has 3 aliphatic rings. The molecule has 5 nitrogen and oxygen atoms in total. The smallest absolute Gasteiger partial charge is 0.253 e. The number of aryl methyl sites for hydroxylation is 1. The summed E-state index contributed by atoms with van der Waals surface area (Å²) >= 11 is 1.95. The fourth-order valence-electron chi connectivity index (χ4n) is 4.98. The van der Waals surface area contributed by atoms with Crippen LogP contribution in [0.25, 0.3) is 0 Å². The molecular formula is C23H33N3O2S. The summed E-state index contributed by atoms with van der Waals surface area (Å²) in [4.78, 5) is 32.7. The zero-order valence-corrected chi connectivity index (χ0v) is 18.3. The first-order chi connectivity index (χ1) is 14.1. The molecule has 0 unspecified atom stereocenters. The minimum Gasteiger partial charge on any atom is -0.340 e. The Morgan fingerprint density at radius 2 is 1.52 bits per heavy atom. The van der Waals surface area contributed by atoms with Gasteiger partial charge in [-0.25, -0.2) is 0 Å². The lowest BCUT2D eigenvalue weighted by Crippen LogP contribution is -2.59. The van der Waals surface area contributed by atoms with Gasteiger partial charge in [-0.2, -0.15) is 11.8 Å². The van der Waals surface area contributed by atoms with E-state index in [-0.39, 0.29) is 11.9 Å². The number of amides is 2. The van der Waals surface area contributed by atoms with Crippen molar-refractivity contribution < 1.29 is 9.59 Å². The molecule has 3 fully saturated rings. The second-order valence-electron chi connectivity index (χ2n) is 8.62. The normalized spacial score (nSPS) is 22.7. The van der Waals surface area contributed by atoms with Crippen molar-refractivity contribution in [1.29, 1.82) is 0 Å². The highest BCUT2D eigenvalue weighted by molar-refractivity contribution is 7.99. The SMILES string of the molecule is Cc1ccc(C(=O)N2CCN([C@@H](C(=O)N3CCSCC3)C3CCCC3)CC2)cc1. The Hall–Kier alpha value is -1.53. The van der Waals surface area contributed by atoms with Crippen LogP contribution in [0, 0.1) is 12.8 Å². The molecule has 1 aromatic carbocycles. The second kappa shape index (κ2) is 9.52. The van der Waals surface area contributed by atoms with E-state index >= 15 is 0 Å². The number of thioether (sulfide) groups is 1. The van der Waals surface area contributed by atoms with Gasteiger partial charge in [0.2, 0.25) is 5.91 Å². The summed E-state index contributed by atoms with van der Waals surface area (Å²) in [5.41, 5.74) is 1.93.